The van der Waals surface area contributed by atoms with E-state index in [0.29, 0.717) is 22.7 Å². The Balaban J connectivity index is 1.27. The van der Waals surface area contributed by atoms with Crippen LogP contribution in [0.25, 0.3) is 0 Å². The number of esters is 2. The molecule has 0 aliphatic carbocycles. The standard InChI is InChI=1S/C31H44N4O5/c1-28(2)13-23(14-29(3,4)34-28)39-26(36)20-9-11-22(12-10-20)38-19-25-32-17-21(18-33-25)27(37)40-24-15-30(5,6)35-31(7,8)16-24/h9-12,17-18,23-24,34-35H,13-16,19H2,1-8H3. The molecule has 2 N–H and O–H groups in total. The minimum absolute atomic E-state index is 0.105. The van der Waals surface area contributed by atoms with E-state index < -0.39 is 5.97 Å². The van der Waals surface area contributed by atoms with E-state index in [2.05, 4.69) is 76.0 Å². The molecule has 2 aliphatic rings. The Morgan fingerprint density at radius 1 is 0.700 bits per heavy atom. The molecule has 1 aromatic carbocycles. The molecular formula is C31H44N4O5. The van der Waals surface area contributed by atoms with E-state index in [1.807, 2.05) is 0 Å². The lowest BCUT2D eigenvalue weighted by atomic mass is 9.81. The molecule has 0 unspecified atom stereocenters. The summed E-state index contributed by atoms with van der Waals surface area (Å²) in [6, 6.07) is 6.83. The van der Waals surface area contributed by atoms with Crippen LogP contribution in [0.1, 0.15) is 108 Å². The summed E-state index contributed by atoms with van der Waals surface area (Å²) in [5, 5.41) is 7.18. The average Bonchev–Trinajstić information content (AvgIpc) is 2.79. The van der Waals surface area contributed by atoms with Gasteiger partial charge in [0.05, 0.1) is 11.1 Å². The third kappa shape index (κ3) is 8.24. The lowest BCUT2D eigenvalue weighted by molar-refractivity contribution is -0.00771. The van der Waals surface area contributed by atoms with E-state index in [1.165, 1.54) is 12.4 Å². The number of carbonyl (C=O) groups excluding carboxylic acids is 2. The summed E-state index contributed by atoms with van der Waals surface area (Å²) in [4.78, 5) is 34.0. The molecule has 218 valence electrons. The van der Waals surface area contributed by atoms with Crippen LogP contribution in [0.4, 0.5) is 0 Å². The molecule has 2 fully saturated rings. The van der Waals surface area contributed by atoms with Gasteiger partial charge in [-0.25, -0.2) is 19.6 Å². The first-order valence-corrected chi connectivity index (χ1v) is 14.0. The Morgan fingerprint density at radius 3 is 1.52 bits per heavy atom. The SMILES string of the molecule is CC1(C)CC(OC(=O)c2ccc(OCc3ncc(C(=O)OC4CC(C)(C)NC(C)(C)C4)cn3)cc2)CC(C)(C)N1. The molecule has 4 rings (SSSR count). The van der Waals surface area contributed by atoms with E-state index in [0.717, 1.165) is 25.7 Å². The Hall–Kier alpha value is -3.04. The molecule has 9 nitrogen and oxygen atoms in total. The van der Waals surface area contributed by atoms with E-state index >= 15 is 0 Å². The van der Waals surface area contributed by atoms with Crippen LogP contribution in [0.5, 0.6) is 5.75 Å². The number of rotatable bonds is 7. The molecule has 9 heteroatoms. The molecule has 40 heavy (non-hydrogen) atoms. The average molecular weight is 553 g/mol. The number of carbonyl (C=O) groups is 2. The number of hydrogen-bond acceptors (Lipinski definition) is 9. The third-order valence-electron chi connectivity index (χ3n) is 7.25. The Labute approximate surface area is 237 Å². The van der Waals surface area contributed by atoms with Gasteiger partial charge in [0.1, 0.15) is 24.6 Å². The monoisotopic (exact) mass is 552 g/mol. The zero-order valence-corrected chi connectivity index (χ0v) is 25.1. The Morgan fingerprint density at radius 2 is 1.10 bits per heavy atom. The van der Waals surface area contributed by atoms with E-state index in [4.69, 9.17) is 14.2 Å². The number of piperidine rings is 2. The van der Waals surface area contributed by atoms with Crippen molar-refractivity contribution in [3.63, 3.8) is 0 Å². The fourth-order valence-electron chi connectivity index (χ4n) is 6.43. The first-order chi connectivity index (χ1) is 18.5. The topological polar surface area (TPSA) is 112 Å². The van der Waals surface area contributed by atoms with E-state index in [-0.39, 0.29) is 46.9 Å². The summed E-state index contributed by atoms with van der Waals surface area (Å²) in [5.41, 5.74) is 0.329. The number of nitrogens with one attached hydrogen (secondary N) is 2. The maximum atomic E-state index is 12.8. The van der Waals surface area contributed by atoms with Gasteiger partial charge in [-0.3, -0.25) is 0 Å². The van der Waals surface area contributed by atoms with Gasteiger partial charge in [-0.05, 0) is 79.7 Å². The van der Waals surface area contributed by atoms with Crippen molar-refractivity contribution < 1.29 is 23.8 Å². The second-order valence-corrected chi connectivity index (χ2v) is 13.9. The highest BCUT2D eigenvalue weighted by Gasteiger charge is 2.40. The van der Waals surface area contributed by atoms with Crippen molar-refractivity contribution in [3.05, 3.63) is 53.6 Å². The third-order valence-corrected chi connectivity index (χ3v) is 7.25. The van der Waals surface area contributed by atoms with Gasteiger partial charge in [0, 0.05) is 60.2 Å². The summed E-state index contributed by atoms with van der Waals surface area (Å²) in [5.74, 6) is 0.238. The van der Waals surface area contributed by atoms with Crippen molar-refractivity contribution in [3.8, 4) is 5.75 Å². The smallest absolute Gasteiger partial charge is 0.341 e. The van der Waals surface area contributed by atoms with E-state index in [1.54, 1.807) is 24.3 Å². The van der Waals surface area contributed by atoms with Gasteiger partial charge in [0.25, 0.3) is 0 Å². The highest BCUT2D eigenvalue weighted by atomic mass is 16.5. The second kappa shape index (κ2) is 11.1. The second-order valence-electron chi connectivity index (χ2n) is 13.9. The minimum atomic E-state index is -0.426. The molecule has 0 atom stereocenters. The Bertz CT molecular complexity index is 1080. The van der Waals surface area contributed by atoms with Crippen molar-refractivity contribution in [2.75, 3.05) is 0 Å². The van der Waals surface area contributed by atoms with Crippen LogP contribution in [-0.2, 0) is 16.1 Å². The molecule has 0 saturated carbocycles. The van der Waals surface area contributed by atoms with Crippen molar-refractivity contribution in [2.24, 2.45) is 0 Å². The summed E-state index contributed by atoms with van der Waals surface area (Å²) < 4.78 is 17.4. The van der Waals surface area contributed by atoms with Crippen LogP contribution in [0, 0.1) is 0 Å². The summed E-state index contributed by atoms with van der Waals surface area (Å²) in [6.07, 6.45) is 5.59. The van der Waals surface area contributed by atoms with Crippen LogP contribution >= 0.6 is 0 Å². The van der Waals surface area contributed by atoms with Gasteiger partial charge < -0.3 is 24.8 Å². The largest absolute Gasteiger partial charge is 0.486 e. The lowest BCUT2D eigenvalue weighted by Crippen LogP contribution is -2.59. The highest BCUT2D eigenvalue weighted by Crippen LogP contribution is 2.32. The van der Waals surface area contributed by atoms with Gasteiger partial charge in [-0.1, -0.05) is 0 Å². The molecule has 2 saturated heterocycles. The quantitative estimate of drug-likeness (QED) is 0.459. The lowest BCUT2D eigenvalue weighted by Gasteiger charge is -2.45. The maximum Gasteiger partial charge on any atom is 0.341 e. The molecule has 0 spiro atoms. The molecule has 0 bridgehead atoms. The zero-order valence-electron chi connectivity index (χ0n) is 25.1. The normalized spacial score (nSPS) is 21.8. The summed E-state index contributed by atoms with van der Waals surface area (Å²) in [7, 11) is 0. The highest BCUT2D eigenvalue weighted by molar-refractivity contribution is 5.89. The first-order valence-electron chi connectivity index (χ1n) is 14.0. The number of aromatic nitrogens is 2. The van der Waals surface area contributed by atoms with Gasteiger partial charge in [0.15, 0.2) is 5.82 Å². The fraction of sp³-hybridized carbons (Fsp3) is 0.613. The first kappa shape index (κ1) is 29.9. The van der Waals surface area contributed by atoms with Crippen LogP contribution in [0.2, 0.25) is 0 Å². The summed E-state index contributed by atoms with van der Waals surface area (Å²) in [6.45, 7) is 17.1. The van der Waals surface area contributed by atoms with Crippen molar-refractivity contribution in [1.29, 1.82) is 0 Å². The van der Waals surface area contributed by atoms with Crippen LogP contribution in [0.3, 0.4) is 0 Å². The number of nitrogens with zero attached hydrogens (tertiary/aromatic N) is 2. The van der Waals surface area contributed by atoms with Gasteiger partial charge >= 0.3 is 11.9 Å². The van der Waals surface area contributed by atoms with Crippen molar-refractivity contribution >= 4 is 11.9 Å². The molecule has 0 radical (unpaired) electrons. The van der Waals surface area contributed by atoms with Gasteiger partial charge in [-0.15, -0.1) is 0 Å². The van der Waals surface area contributed by atoms with E-state index in [9.17, 15) is 9.59 Å². The van der Waals surface area contributed by atoms with Gasteiger partial charge in [0.2, 0.25) is 0 Å². The molecule has 1 aromatic heterocycles. The van der Waals surface area contributed by atoms with Gasteiger partial charge in [-0.2, -0.15) is 0 Å². The number of ether oxygens (including phenoxy) is 3. The maximum absolute atomic E-state index is 12.8. The van der Waals surface area contributed by atoms with Crippen LogP contribution < -0.4 is 15.4 Å². The molecular weight excluding hydrogens is 508 g/mol. The predicted molar refractivity (Wildman–Crippen MR) is 152 cm³/mol. The predicted octanol–water partition coefficient (Wildman–Crippen LogP) is 4.99. The van der Waals surface area contributed by atoms with Crippen molar-refractivity contribution in [2.45, 2.75) is 122 Å². The fourth-order valence-corrected chi connectivity index (χ4v) is 6.43. The minimum Gasteiger partial charge on any atom is -0.486 e. The van der Waals surface area contributed by atoms with Crippen LogP contribution in [0.15, 0.2) is 36.7 Å². The molecule has 0 amide bonds. The zero-order chi connectivity index (χ0) is 29.3. The van der Waals surface area contributed by atoms with Crippen molar-refractivity contribution in [1.82, 2.24) is 20.6 Å². The number of benzene rings is 1. The molecule has 2 aliphatic heterocycles. The number of hydrogen-bond donors (Lipinski definition) is 2. The van der Waals surface area contributed by atoms with Crippen LogP contribution in [-0.4, -0.2) is 56.3 Å². The summed E-state index contributed by atoms with van der Waals surface area (Å²) >= 11 is 0. The Kier molecular flexibility index (Phi) is 8.30. The molecule has 3 heterocycles. The molecule has 2 aromatic rings.